The minimum Gasteiger partial charge on any atom is -0.390 e. The van der Waals surface area contributed by atoms with E-state index in [2.05, 4.69) is 11.1 Å². The molecular weight excluding hydrogens is 410 g/mol. The maximum Gasteiger partial charge on any atom is 0.163 e. The molecule has 0 spiro atoms. The van der Waals surface area contributed by atoms with Crippen LogP contribution in [0.15, 0.2) is 48.7 Å². The quantitative estimate of drug-likeness (QED) is 0.449. The van der Waals surface area contributed by atoms with Crippen molar-refractivity contribution in [3.63, 3.8) is 0 Å². The Balaban J connectivity index is 1.98. The predicted molar refractivity (Wildman–Crippen MR) is 121 cm³/mol. The van der Waals surface area contributed by atoms with Gasteiger partial charge in [-0.3, -0.25) is 0 Å². The van der Waals surface area contributed by atoms with Crippen molar-refractivity contribution in [3.05, 3.63) is 70.8 Å². The second kappa shape index (κ2) is 8.10. The first kappa shape index (κ1) is 21.0. The number of nitriles is 1. The van der Waals surface area contributed by atoms with Gasteiger partial charge < -0.3 is 5.11 Å². The van der Waals surface area contributed by atoms with Crippen LogP contribution in [0.5, 0.6) is 0 Å². The number of aliphatic hydroxyl groups is 1. The molecule has 0 bridgehead atoms. The summed E-state index contributed by atoms with van der Waals surface area (Å²) in [5.74, 6) is 0. The fourth-order valence-corrected chi connectivity index (χ4v) is 3.80. The van der Waals surface area contributed by atoms with Crippen LogP contribution in [-0.4, -0.2) is 30.3 Å². The third-order valence-electron chi connectivity index (χ3n) is 5.05. The van der Waals surface area contributed by atoms with Gasteiger partial charge in [-0.15, -0.1) is 0 Å². The van der Waals surface area contributed by atoms with E-state index in [0.717, 1.165) is 28.1 Å². The third-order valence-corrected chi connectivity index (χ3v) is 5.24. The fraction of sp³-hybridized carbons (Fsp3) is 0.250. The second-order valence-electron chi connectivity index (χ2n) is 8.20. The van der Waals surface area contributed by atoms with E-state index in [4.69, 9.17) is 21.7 Å². The molecule has 0 aliphatic heterocycles. The zero-order valence-corrected chi connectivity index (χ0v) is 18.4. The molecule has 0 saturated carbocycles. The summed E-state index contributed by atoms with van der Waals surface area (Å²) in [5.41, 5.74) is 5.07. The number of nitrogens with zero attached hydrogens (tertiary/aromatic N) is 5. The van der Waals surface area contributed by atoms with Gasteiger partial charge in [-0.1, -0.05) is 29.8 Å². The lowest BCUT2D eigenvalue weighted by molar-refractivity contribution is 0.0711. The molecule has 7 heteroatoms. The summed E-state index contributed by atoms with van der Waals surface area (Å²) in [6.45, 7) is 5.45. The highest BCUT2D eigenvalue weighted by Gasteiger charge is 2.21. The van der Waals surface area contributed by atoms with Gasteiger partial charge in [0, 0.05) is 23.1 Å². The number of pyridine rings is 1. The predicted octanol–water partition coefficient (Wildman–Crippen LogP) is 5.00. The number of hydrogen-bond donors (Lipinski definition) is 1. The van der Waals surface area contributed by atoms with Gasteiger partial charge in [0.1, 0.15) is 10.8 Å². The number of hydrogen-bond acceptors (Lipinski definition) is 5. The largest absolute Gasteiger partial charge is 0.390 e. The topological polar surface area (TPSA) is 87.1 Å². The molecule has 3 aromatic heterocycles. The van der Waals surface area contributed by atoms with Gasteiger partial charge in [-0.05, 0) is 63.4 Å². The Labute approximate surface area is 185 Å². The molecule has 0 aliphatic rings. The van der Waals surface area contributed by atoms with Gasteiger partial charge in [-0.2, -0.15) is 10.4 Å². The fourth-order valence-electron chi connectivity index (χ4n) is 3.55. The van der Waals surface area contributed by atoms with Crippen LogP contribution in [-0.2, 0) is 6.42 Å². The number of benzene rings is 1. The van der Waals surface area contributed by atoms with E-state index in [0.29, 0.717) is 34.9 Å². The van der Waals surface area contributed by atoms with E-state index in [1.807, 2.05) is 43.5 Å². The number of rotatable bonds is 5. The molecule has 0 fully saturated rings. The summed E-state index contributed by atoms with van der Waals surface area (Å²) < 4.78 is 1.72. The van der Waals surface area contributed by atoms with Crippen molar-refractivity contribution in [1.29, 1.82) is 5.26 Å². The Morgan fingerprint density at radius 2 is 1.94 bits per heavy atom. The highest BCUT2D eigenvalue weighted by Crippen LogP contribution is 2.37. The molecule has 156 valence electrons. The van der Waals surface area contributed by atoms with Crippen LogP contribution in [0.2, 0.25) is 5.15 Å². The summed E-state index contributed by atoms with van der Waals surface area (Å²) in [5, 5.41) is 24.9. The van der Waals surface area contributed by atoms with E-state index in [-0.39, 0.29) is 0 Å². The van der Waals surface area contributed by atoms with Gasteiger partial charge in [-0.25, -0.2) is 14.5 Å². The molecule has 31 heavy (non-hydrogen) atoms. The normalized spacial score (nSPS) is 11.6. The van der Waals surface area contributed by atoms with Gasteiger partial charge in [0.2, 0.25) is 0 Å². The zero-order chi connectivity index (χ0) is 22.2. The first-order valence-corrected chi connectivity index (χ1v) is 10.4. The molecule has 1 N–H and O–H groups in total. The highest BCUT2D eigenvalue weighted by molar-refractivity contribution is 6.29. The van der Waals surface area contributed by atoms with Crippen molar-refractivity contribution < 1.29 is 5.11 Å². The smallest absolute Gasteiger partial charge is 0.163 e. The van der Waals surface area contributed by atoms with Crippen LogP contribution in [0, 0.1) is 18.3 Å². The monoisotopic (exact) mass is 431 g/mol. The van der Waals surface area contributed by atoms with Crippen molar-refractivity contribution in [1.82, 2.24) is 19.6 Å². The lowest BCUT2D eigenvalue weighted by atomic mass is 9.98. The number of fused-ring (bicyclic) bond motifs is 1. The first-order chi connectivity index (χ1) is 14.7. The van der Waals surface area contributed by atoms with Crippen molar-refractivity contribution in [2.24, 2.45) is 0 Å². The van der Waals surface area contributed by atoms with E-state index < -0.39 is 5.60 Å². The van der Waals surface area contributed by atoms with Crippen LogP contribution >= 0.6 is 11.6 Å². The van der Waals surface area contributed by atoms with E-state index in [1.165, 1.54) is 0 Å². The summed E-state index contributed by atoms with van der Waals surface area (Å²) in [6, 6.07) is 15.3. The molecule has 4 aromatic rings. The van der Waals surface area contributed by atoms with Crippen molar-refractivity contribution in [2.45, 2.75) is 39.2 Å². The number of aromatic nitrogens is 4. The van der Waals surface area contributed by atoms with Gasteiger partial charge in [0.15, 0.2) is 5.65 Å². The Morgan fingerprint density at radius 3 is 2.65 bits per heavy atom. The lowest BCUT2D eigenvalue weighted by Gasteiger charge is -2.16. The molecule has 6 nitrogen and oxygen atoms in total. The summed E-state index contributed by atoms with van der Waals surface area (Å²) in [6.07, 6.45) is 3.08. The Bertz CT molecular complexity index is 1290. The summed E-state index contributed by atoms with van der Waals surface area (Å²) in [4.78, 5) is 9.13. The zero-order valence-electron chi connectivity index (χ0n) is 17.6. The van der Waals surface area contributed by atoms with E-state index in [9.17, 15) is 10.4 Å². The van der Waals surface area contributed by atoms with Crippen LogP contribution in [0.1, 0.15) is 37.2 Å². The van der Waals surface area contributed by atoms with E-state index >= 15 is 0 Å². The standard InChI is InChI=1S/C24H22ClN5O/c1-15-12-17(13-20(25)27-15)21-22(19-7-5-4-6-16(19)14-26)29-30-11-9-18(28-23(21)30)8-10-24(2,3)31/h4-7,9,11-13,31H,8,10H2,1-3H3. The second-order valence-corrected chi connectivity index (χ2v) is 8.59. The molecule has 0 saturated heterocycles. The molecular formula is C24H22ClN5O. The highest BCUT2D eigenvalue weighted by atomic mass is 35.5. The lowest BCUT2D eigenvalue weighted by Crippen LogP contribution is -2.19. The average molecular weight is 432 g/mol. The Hall–Kier alpha value is -3.27. The van der Waals surface area contributed by atoms with Crippen molar-refractivity contribution in [3.8, 4) is 28.5 Å². The summed E-state index contributed by atoms with van der Waals surface area (Å²) in [7, 11) is 0. The molecule has 0 atom stereocenters. The van der Waals surface area contributed by atoms with Crippen molar-refractivity contribution >= 4 is 17.2 Å². The van der Waals surface area contributed by atoms with Gasteiger partial charge in [0.05, 0.1) is 22.8 Å². The summed E-state index contributed by atoms with van der Waals surface area (Å²) >= 11 is 6.27. The molecule has 0 unspecified atom stereocenters. The molecule has 0 aliphatic carbocycles. The molecule has 1 aromatic carbocycles. The number of aryl methyl sites for hydroxylation is 2. The minimum atomic E-state index is -0.774. The average Bonchev–Trinajstić information content (AvgIpc) is 3.09. The van der Waals surface area contributed by atoms with Crippen LogP contribution in [0.4, 0.5) is 0 Å². The Kier molecular flexibility index (Phi) is 5.48. The Morgan fingerprint density at radius 1 is 1.16 bits per heavy atom. The first-order valence-electron chi connectivity index (χ1n) is 10.00. The molecule has 0 radical (unpaired) electrons. The van der Waals surface area contributed by atoms with Crippen LogP contribution in [0.3, 0.4) is 0 Å². The maximum absolute atomic E-state index is 10.1. The SMILES string of the molecule is Cc1cc(-c2c(-c3ccccc3C#N)nn3ccc(CCC(C)(C)O)nc23)cc(Cl)n1. The minimum absolute atomic E-state index is 0.382. The van der Waals surface area contributed by atoms with Crippen molar-refractivity contribution in [2.75, 3.05) is 0 Å². The maximum atomic E-state index is 10.1. The molecule has 3 heterocycles. The van der Waals surface area contributed by atoms with E-state index in [1.54, 1.807) is 30.5 Å². The van der Waals surface area contributed by atoms with Crippen LogP contribution in [0.25, 0.3) is 28.0 Å². The van der Waals surface area contributed by atoms with Gasteiger partial charge >= 0.3 is 0 Å². The number of halogens is 1. The third kappa shape index (κ3) is 4.43. The van der Waals surface area contributed by atoms with Gasteiger partial charge in [0.25, 0.3) is 0 Å². The molecule has 0 amide bonds. The molecule has 4 rings (SSSR count). The van der Waals surface area contributed by atoms with Crippen LogP contribution < -0.4 is 0 Å².